The highest BCUT2D eigenvalue weighted by Gasteiger charge is 2.38. The van der Waals surface area contributed by atoms with Gasteiger partial charge in [0.25, 0.3) is 5.91 Å². The summed E-state index contributed by atoms with van der Waals surface area (Å²) < 4.78 is 29.7. The number of amides is 1. The molecule has 0 radical (unpaired) electrons. The average Bonchev–Trinajstić information content (AvgIpc) is 3.08. The van der Waals surface area contributed by atoms with Crippen molar-refractivity contribution >= 4 is 21.8 Å². The van der Waals surface area contributed by atoms with E-state index in [9.17, 15) is 13.2 Å². The Morgan fingerprint density at radius 3 is 2.73 bits per heavy atom. The topological polar surface area (TPSA) is 87.9 Å². The van der Waals surface area contributed by atoms with E-state index in [0.29, 0.717) is 18.6 Å². The number of rotatable bonds is 3. The van der Waals surface area contributed by atoms with Crippen LogP contribution in [0.15, 0.2) is 55.0 Å². The summed E-state index contributed by atoms with van der Waals surface area (Å²) >= 11 is 0. The summed E-state index contributed by atoms with van der Waals surface area (Å²) in [6, 6.07) is 11.0. The lowest BCUT2D eigenvalue weighted by molar-refractivity contribution is 0.0838. The second-order valence-corrected chi connectivity index (χ2v) is 7.86. The van der Waals surface area contributed by atoms with Gasteiger partial charge in [-0.1, -0.05) is 30.3 Å². The second-order valence-electron chi connectivity index (χ2n) is 6.00. The summed E-state index contributed by atoms with van der Waals surface area (Å²) in [4.78, 5) is 17.1. The molecule has 0 aliphatic carbocycles. The third kappa shape index (κ3) is 2.85. The van der Waals surface area contributed by atoms with Gasteiger partial charge in [0.1, 0.15) is 5.56 Å². The number of fused-ring (bicyclic) bond motifs is 1. The van der Waals surface area contributed by atoms with Crippen LogP contribution in [0.3, 0.4) is 0 Å². The maximum atomic E-state index is 13.0. The quantitative estimate of drug-likeness (QED) is 0.693. The van der Waals surface area contributed by atoms with Crippen LogP contribution in [0, 0.1) is 0 Å². The molecular weight excluding hydrogens is 354 g/mol. The van der Waals surface area contributed by atoms with E-state index >= 15 is 0 Å². The lowest BCUT2D eigenvalue weighted by Gasteiger charge is -2.34. The summed E-state index contributed by atoms with van der Waals surface area (Å²) in [5.74, 6) is -0.600. The standard InChI is InChI=1S/C17H17N5O3S/c23-17(15-12-19-21-10-4-8-18-16(15)21)22-11-5-9-20(26(22,24)25)13-14-6-2-1-3-7-14/h1-4,6-8,10,12H,5,9,11,13H2. The minimum Gasteiger partial charge on any atom is -0.268 e. The van der Waals surface area contributed by atoms with Crippen molar-refractivity contribution in [2.24, 2.45) is 0 Å². The highest BCUT2D eigenvalue weighted by Crippen LogP contribution is 2.22. The van der Waals surface area contributed by atoms with Gasteiger partial charge in [-0.2, -0.15) is 17.8 Å². The summed E-state index contributed by atoms with van der Waals surface area (Å²) in [6.07, 6.45) is 5.13. The van der Waals surface area contributed by atoms with Gasteiger partial charge < -0.3 is 0 Å². The van der Waals surface area contributed by atoms with E-state index in [1.807, 2.05) is 30.3 Å². The lowest BCUT2D eigenvalue weighted by Crippen LogP contribution is -2.51. The van der Waals surface area contributed by atoms with Crippen LogP contribution in [0.25, 0.3) is 5.65 Å². The molecule has 1 amide bonds. The molecule has 1 saturated heterocycles. The zero-order chi connectivity index (χ0) is 18.1. The summed E-state index contributed by atoms with van der Waals surface area (Å²) in [7, 11) is -3.90. The normalized spacial score (nSPS) is 17.5. The van der Waals surface area contributed by atoms with Gasteiger partial charge in [-0.3, -0.25) is 4.79 Å². The van der Waals surface area contributed by atoms with Crippen LogP contribution in [0.4, 0.5) is 0 Å². The molecule has 0 N–H and O–H groups in total. The predicted molar refractivity (Wildman–Crippen MR) is 94.4 cm³/mol. The van der Waals surface area contributed by atoms with Crippen molar-refractivity contribution in [3.63, 3.8) is 0 Å². The maximum absolute atomic E-state index is 13.0. The Kier molecular flexibility index (Phi) is 4.17. The highest BCUT2D eigenvalue weighted by molar-refractivity contribution is 7.87. The van der Waals surface area contributed by atoms with Crippen LogP contribution in [0.5, 0.6) is 0 Å². The number of hydrogen-bond acceptors (Lipinski definition) is 5. The van der Waals surface area contributed by atoms with Crippen LogP contribution in [0.1, 0.15) is 22.3 Å². The SMILES string of the molecule is O=C(c1cnn2cccnc12)N1CCCN(Cc2ccccc2)S1(=O)=O. The summed E-state index contributed by atoms with van der Waals surface area (Å²) in [6.45, 7) is 0.768. The van der Waals surface area contributed by atoms with Crippen LogP contribution < -0.4 is 0 Å². The van der Waals surface area contributed by atoms with Gasteiger partial charge in [-0.15, -0.1) is 0 Å². The number of carbonyl (C=O) groups excluding carboxylic acids is 1. The van der Waals surface area contributed by atoms with Crippen molar-refractivity contribution in [3.05, 3.63) is 66.1 Å². The number of aromatic nitrogens is 3. The van der Waals surface area contributed by atoms with Crippen LogP contribution in [0.2, 0.25) is 0 Å². The first kappa shape index (κ1) is 16.7. The third-order valence-electron chi connectivity index (χ3n) is 4.31. The molecule has 2 aromatic heterocycles. The summed E-state index contributed by atoms with van der Waals surface area (Å²) in [5.41, 5.74) is 1.40. The first-order valence-electron chi connectivity index (χ1n) is 8.22. The molecule has 3 aromatic rings. The fourth-order valence-corrected chi connectivity index (χ4v) is 4.65. The maximum Gasteiger partial charge on any atom is 0.306 e. The molecule has 1 aliphatic heterocycles. The van der Waals surface area contributed by atoms with E-state index < -0.39 is 16.1 Å². The molecule has 1 fully saturated rings. The monoisotopic (exact) mass is 371 g/mol. The third-order valence-corrected chi connectivity index (χ3v) is 6.18. The van der Waals surface area contributed by atoms with E-state index in [4.69, 9.17) is 0 Å². The van der Waals surface area contributed by atoms with Gasteiger partial charge in [-0.25, -0.2) is 13.8 Å². The van der Waals surface area contributed by atoms with Crippen LogP contribution in [-0.4, -0.2) is 50.6 Å². The summed E-state index contributed by atoms with van der Waals surface area (Å²) in [5, 5.41) is 4.07. The van der Waals surface area contributed by atoms with Gasteiger partial charge in [0.05, 0.1) is 6.20 Å². The van der Waals surface area contributed by atoms with Gasteiger partial charge in [-0.05, 0) is 18.1 Å². The van der Waals surface area contributed by atoms with E-state index in [0.717, 1.165) is 9.87 Å². The Bertz CT molecular complexity index is 1050. The molecule has 26 heavy (non-hydrogen) atoms. The molecule has 3 heterocycles. The van der Waals surface area contributed by atoms with Gasteiger partial charge >= 0.3 is 10.2 Å². The molecule has 134 valence electrons. The molecule has 9 heteroatoms. The van der Waals surface area contributed by atoms with Gasteiger partial charge in [0, 0.05) is 32.0 Å². The zero-order valence-electron chi connectivity index (χ0n) is 13.9. The van der Waals surface area contributed by atoms with Crippen LogP contribution >= 0.6 is 0 Å². The van der Waals surface area contributed by atoms with E-state index in [1.54, 1.807) is 18.5 Å². The number of hydrogen-bond donors (Lipinski definition) is 0. The fourth-order valence-electron chi connectivity index (χ4n) is 3.03. The molecule has 0 bridgehead atoms. The van der Waals surface area contributed by atoms with Crippen molar-refractivity contribution in [1.82, 2.24) is 23.2 Å². The molecular formula is C17H17N5O3S. The molecule has 0 unspecified atom stereocenters. The van der Waals surface area contributed by atoms with E-state index in [1.165, 1.54) is 15.0 Å². The fraction of sp³-hybridized carbons (Fsp3) is 0.235. The Labute approximate surface area is 150 Å². The molecule has 1 aromatic carbocycles. The first-order valence-corrected chi connectivity index (χ1v) is 9.61. The van der Waals surface area contributed by atoms with Crippen molar-refractivity contribution in [1.29, 1.82) is 0 Å². The Morgan fingerprint density at radius 1 is 1.12 bits per heavy atom. The molecule has 0 spiro atoms. The van der Waals surface area contributed by atoms with Crippen molar-refractivity contribution in [3.8, 4) is 0 Å². The molecule has 1 aliphatic rings. The number of carbonyl (C=O) groups is 1. The van der Waals surface area contributed by atoms with Crippen molar-refractivity contribution in [2.45, 2.75) is 13.0 Å². The molecule has 0 saturated carbocycles. The van der Waals surface area contributed by atoms with Crippen LogP contribution in [-0.2, 0) is 16.8 Å². The van der Waals surface area contributed by atoms with Gasteiger partial charge in [0.15, 0.2) is 5.65 Å². The first-order chi connectivity index (χ1) is 12.6. The molecule has 4 rings (SSSR count). The van der Waals surface area contributed by atoms with E-state index in [2.05, 4.69) is 10.1 Å². The average molecular weight is 371 g/mol. The lowest BCUT2D eigenvalue weighted by atomic mass is 10.2. The zero-order valence-corrected chi connectivity index (χ0v) is 14.7. The minimum atomic E-state index is -3.90. The Balaban J connectivity index is 1.64. The number of nitrogens with zero attached hydrogens (tertiary/aromatic N) is 5. The van der Waals surface area contributed by atoms with Crippen molar-refractivity contribution in [2.75, 3.05) is 13.1 Å². The molecule has 0 atom stereocenters. The minimum absolute atomic E-state index is 0.149. The van der Waals surface area contributed by atoms with E-state index in [-0.39, 0.29) is 18.7 Å². The highest BCUT2D eigenvalue weighted by atomic mass is 32.2. The predicted octanol–water partition coefficient (Wildman–Crippen LogP) is 1.32. The Morgan fingerprint density at radius 2 is 1.92 bits per heavy atom. The smallest absolute Gasteiger partial charge is 0.268 e. The molecule has 8 nitrogen and oxygen atoms in total. The van der Waals surface area contributed by atoms with Gasteiger partial charge in [0.2, 0.25) is 0 Å². The second kappa shape index (κ2) is 6.50. The number of benzene rings is 1. The largest absolute Gasteiger partial charge is 0.306 e. The Hall–Kier alpha value is -2.78. The van der Waals surface area contributed by atoms with Crippen molar-refractivity contribution < 1.29 is 13.2 Å².